The smallest absolute Gasteiger partial charge is 0.302 e. The largest absolute Gasteiger partial charge is 0.461 e. The third kappa shape index (κ3) is 1.76. The SMILES string of the molecule is CC(=O)OCC1=C(CO)[C@H]2O[C@@H]1c1cc3c(cc12)OCO3. The average molecular weight is 290 g/mol. The maximum atomic E-state index is 11.0. The summed E-state index contributed by atoms with van der Waals surface area (Å²) in [6.45, 7) is 1.60. The Kier molecular flexibility index (Phi) is 2.70. The number of benzene rings is 1. The van der Waals surface area contributed by atoms with Gasteiger partial charge in [0, 0.05) is 12.5 Å². The van der Waals surface area contributed by atoms with Gasteiger partial charge in [0.05, 0.1) is 6.61 Å². The number of hydrogen-bond acceptors (Lipinski definition) is 6. The zero-order valence-corrected chi connectivity index (χ0v) is 11.4. The molecule has 3 aliphatic heterocycles. The van der Waals surface area contributed by atoms with Gasteiger partial charge in [-0.05, 0) is 28.8 Å². The minimum absolute atomic E-state index is 0.119. The molecule has 3 heterocycles. The second-order valence-corrected chi connectivity index (χ2v) is 5.22. The molecule has 6 heteroatoms. The van der Waals surface area contributed by atoms with Crippen LogP contribution in [0, 0.1) is 0 Å². The number of hydrogen-bond donors (Lipinski definition) is 1. The minimum atomic E-state index is -0.353. The highest BCUT2D eigenvalue weighted by atomic mass is 16.7. The van der Waals surface area contributed by atoms with Gasteiger partial charge in [-0.2, -0.15) is 0 Å². The molecule has 0 radical (unpaired) electrons. The molecule has 21 heavy (non-hydrogen) atoms. The summed E-state index contributed by atoms with van der Waals surface area (Å²) in [6, 6.07) is 3.81. The lowest BCUT2D eigenvalue weighted by Gasteiger charge is -2.18. The Morgan fingerprint density at radius 2 is 1.86 bits per heavy atom. The summed E-state index contributed by atoms with van der Waals surface area (Å²) >= 11 is 0. The van der Waals surface area contributed by atoms with Gasteiger partial charge in [-0.15, -0.1) is 0 Å². The molecule has 0 aliphatic carbocycles. The summed E-state index contributed by atoms with van der Waals surface area (Å²) in [4.78, 5) is 11.0. The first kappa shape index (κ1) is 12.7. The third-order valence-electron chi connectivity index (χ3n) is 4.06. The Morgan fingerprint density at radius 3 is 2.43 bits per heavy atom. The van der Waals surface area contributed by atoms with Crippen LogP contribution in [0.3, 0.4) is 0 Å². The van der Waals surface area contributed by atoms with E-state index in [-0.39, 0.29) is 38.2 Å². The van der Waals surface area contributed by atoms with E-state index >= 15 is 0 Å². The van der Waals surface area contributed by atoms with Crippen LogP contribution < -0.4 is 9.47 Å². The average Bonchev–Trinajstić information content (AvgIpc) is 3.14. The number of aliphatic hydroxyl groups is 1. The summed E-state index contributed by atoms with van der Waals surface area (Å²) < 4.78 is 21.8. The molecule has 2 atom stereocenters. The summed E-state index contributed by atoms with van der Waals surface area (Å²) in [5, 5.41) is 9.61. The topological polar surface area (TPSA) is 74.2 Å². The summed E-state index contributed by atoms with van der Waals surface area (Å²) in [6.07, 6.45) is -0.587. The van der Waals surface area contributed by atoms with Gasteiger partial charge in [0.2, 0.25) is 6.79 Å². The number of carbonyl (C=O) groups is 1. The van der Waals surface area contributed by atoms with E-state index in [0.29, 0.717) is 11.5 Å². The van der Waals surface area contributed by atoms with Crippen LogP contribution >= 0.6 is 0 Å². The molecule has 0 saturated carbocycles. The van der Waals surface area contributed by atoms with Crippen molar-refractivity contribution >= 4 is 5.97 Å². The molecule has 6 nitrogen and oxygen atoms in total. The molecule has 4 rings (SSSR count). The fourth-order valence-corrected chi connectivity index (χ4v) is 3.12. The zero-order chi connectivity index (χ0) is 14.6. The molecule has 0 saturated heterocycles. The molecule has 0 aromatic heterocycles. The van der Waals surface area contributed by atoms with Crippen LogP contribution in [0.4, 0.5) is 0 Å². The summed E-state index contributed by atoms with van der Waals surface area (Å²) in [5.41, 5.74) is 3.57. The highest BCUT2D eigenvalue weighted by Crippen LogP contribution is 2.56. The molecule has 0 fully saturated rings. The van der Waals surface area contributed by atoms with Crippen LogP contribution in [0.2, 0.25) is 0 Å². The minimum Gasteiger partial charge on any atom is -0.461 e. The lowest BCUT2D eigenvalue weighted by atomic mass is 9.86. The number of ether oxygens (including phenoxy) is 4. The van der Waals surface area contributed by atoms with Crippen molar-refractivity contribution in [3.8, 4) is 11.5 Å². The fraction of sp³-hybridized carbons (Fsp3) is 0.400. The Hall–Kier alpha value is -2.05. The van der Waals surface area contributed by atoms with Crippen molar-refractivity contribution in [3.63, 3.8) is 0 Å². The highest BCUT2D eigenvalue weighted by Gasteiger charge is 2.45. The van der Waals surface area contributed by atoms with Crippen LogP contribution in [0.15, 0.2) is 23.3 Å². The van der Waals surface area contributed by atoms with Crippen molar-refractivity contribution in [3.05, 3.63) is 34.4 Å². The Labute approximate surface area is 120 Å². The van der Waals surface area contributed by atoms with Crippen LogP contribution in [-0.4, -0.2) is 31.1 Å². The molecule has 1 N–H and O–H groups in total. The van der Waals surface area contributed by atoms with Crippen molar-refractivity contribution in [1.29, 1.82) is 0 Å². The van der Waals surface area contributed by atoms with Gasteiger partial charge < -0.3 is 24.1 Å². The van der Waals surface area contributed by atoms with Crippen molar-refractivity contribution in [1.82, 2.24) is 0 Å². The lowest BCUT2D eigenvalue weighted by molar-refractivity contribution is -0.140. The summed E-state index contributed by atoms with van der Waals surface area (Å²) in [5.74, 6) is 1.04. The molecule has 0 spiro atoms. The van der Waals surface area contributed by atoms with Crippen molar-refractivity contribution < 1.29 is 28.8 Å². The first-order valence-corrected chi connectivity index (χ1v) is 6.74. The van der Waals surface area contributed by atoms with Gasteiger partial charge in [-0.25, -0.2) is 0 Å². The first-order chi connectivity index (χ1) is 10.2. The predicted molar refractivity (Wildman–Crippen MR) is 69.9 cm³/mol. The highest BCUT2D eigenvalue weighted by molar-refractivity contribution is 5.66. The fourth-order valence-electron chi connectivity index (χ4n) is 3.12. The van der Waals surface area contributed by atoms with Crippen molar-refractivity contribution in [2.75, 3.05) is 20.0 Å². The predicted octanol–water partition coefficient (Wildman–Crippen LogP) is 1.39. The van der Waals surface area contributed by atoms with Crippen molar-refractivity contribution in [2.45, 2.75) is 19.1 Å². The maximum absolute atomic E-state index is 11.0. The molecule has 2 bridgehead atoms. The molecular formula is C15H14O6. The number of aliphatic hydroxyl groups excluding tert-OH is 1. The Bertz CT molecular complexity index is 662. The number of esters is 1. The molecule has 1 aromatic carbocycles. The molecule has 110 valence electrons. The Balaban J connectivity index is 1.73. The van der Waals surface area contributed by atoms with E-state index in [1.54, 1.807) is 0 Å². The van der Waals surface area contributed by atoms with Gasteiger partial charge in [0.15, 0.2) is 11.5 Å². The van der Waals surface area contributed by atoms with Gasteiger partial charge >= 0.3 is 5.97 Å². The van der Waals surface area contributed by atoms with Gasteiger partial charge in [0.25, 0.3) is 0 Å². The second-order valence-electron chi connectivity index (χ2n) is 5.22. The summed E-state index contributed by atoms with van der Waals surface area (Å²) in [7, 11) is 0. The molecule has 1 aromatic rings. The Morgan fingerprint density at radius 1 is 1.24 bits per heavy atom. The van der Waals surface area contributed by atoms with E-state index in [9.17, 15) is 9.90 Å². The first-order valence-electron chi connectivity index (χ1n) is 6.74. The molecular weight excluding hydrogens is 276 g/mol. The van der Waals surface area contributed by atoms with E-state index in [2.05, 4.69) is 0 Å². The number of fused-ring (bicyclic) bond motifs is 6. The monoisotopic (exact) mass is 290 g/mol. The van der Waals surface area contributed by atoms with Crippen LogP contribution in [0.5, 0.6) is 11.5 Å². The van der Waals surface area contributed by atoms with Gasteiger partial charge in [-0.3, -0.25) is 4.79 Å². The molecule has 0 amide bonds. The normalized spacial score (nSPS) is 24.5. The second kappa shape index (κ2) is 4.47. The van der Waals surface area contributed by atoms with Crippen molar-refractivity contribution in [2.24, 2.45) is 0 Å². The standard InChI is InChI=1S/C15H14O6/c1-7(17)18-5-11-10(4-16)14-8-2-12-13(20-6-19-12)3-9(8)15(11)21-14/h2-3,14-16H,4-6H2,1H3/t14-,15+/m0/s1. The van der Waals surface area contributed by atoms with Crippen LogP contribution in [0.25, 0.3) is 0 Å². The maximum Gasteiger partial charge on any atom is 0.302 e. The van der Waals surface area contributed by atoms with Crippen LogP contribution in [-0.2, 0) is 14.3 Å². The lowest BCUT2D eigenvalue weighted by Crippen LogP contribution is -2.13. The van der Waals surface area contributed by atoms with Gasteiger partial charge in [0.1, 0.15) is 18.8 Å². The number of rotatable bonds is 3. The van der Waals surface area contributed by atoms with E-state index in [1.165, 1.54) is 6.92 Å². The van der Waals surface area contributed by atoms with Gasteiger partial charge in [-0.1, -0.05) is 0 Å². The number of carbonyl (C=O) groups excluding carboxylic acids is 1. The van der Waals surface area contributed by atoms with E-state index in [1.807, 2.05) is 12.1 Å². The van der Waals surface area contributed by atoms with E-state index in [0.717, 1.165) is 22.3 Å². The van der Waals surface area contributed by atoms with E-state index in [4.69, 9.17) is 18.9 Å². The molecule has 3 aliphatic rings. The van der Waals surface area contributed by atoms with Crippen LogP contribution in [0.1, 0.15) is 30.3 Å². The third-order valence-corrected chi connectivity index (χ3v) is 4.06. The quantitative estimate of drug-likeness (QED) is 0.670. The van der Waals surface area contributed by atoms with E-state index < -0.39 is 0 Å². The zero-order valence-electron chi connectivity index (χ0n) is 11.4. The molecule has 0 unspecified atom stereocenters.